The summed E-state index contributed by atoms with van der Waals surface area (Å²) < 4.78 is 12.7. The van der Waals surface area contributed by atoms with Crippen LogP contribution in [0.25, 0.3) is 17.5 Å². The fraction of sp³-hybridized carbons (Fsp3) is 0.206. The van der Waals surface area contributed by atoms with Crippen LogP contribution < -0.4 is 19.6 Å². The van der Waals surface area contributed by atoms with Gasteiger partial charge in [-0.25, -0.2) is 14.8 Å². The zero-order valence-corrected chi connectivity index (χ0v) is 30.0. The second-order valence-electron chi connectivity index (χ2n) is 10.9. The zero-order chi connectivity index (χ0) is 35.5. The molecule has 50 heavy (non-hydrogen) atoms. The number of hydrogen-bond donors (Lipinski definition) is 1. The molecule has 6 rings (SSSR count). The number of carbonyl (C=O) groups is 1. The minimum atomic E-state index is -0.828. The third-order valence-corrected chi connectivity index (χ3v) is 10.1. The number of nitro benzene ring substituents is 1. The van der Waals surface area contributed by atoms with E-state index < -0.39 is 22.5 Å². The molecule has 3 aromatic carbocycles. The van der Waals surface area contributed by atoms with Crippen molar-refractivity contribution in [1.29, 1.82) is 0 Å². The van der Waals surface area contributed by atoms with E-state index in [2.05, 4.69) is 15.2 Å². The van der Waals surface area contributed by atoms with Crippen LogP contribution in [0.4, 0.5) is 5.69 Å². The summed E-state index contributed by atoms with van der Waals surface area (Å²) >= 11 is 14.5. The molecule has 1 atom stereocenters. The molecule has 0 amide bonds. The largest absolute Gasteiger partial charge is 0.497 e. The van der Waals surface area contributed by atoms with Crippen molar-refractivity contribution in [3.63, 3.8) is 0 Å². The third kappa shape index (κ3) is 7.10. The quantitative estimate of drug-likeness (QED) is 0.0878. The van der Waals surface area contributed by atoms with Gasteiger partial charge in [-0.1, -0.05) is 66.1 Å². The summed E-state index contributed by atoms with van der Waals surface area (Å²) in [6.45, 7) is 3.85. The second kappa shape index (κ2) is 15.0. The third-order valence-electron chi connectivity index (χ3n) is 7.63. The molecule has 256 valence electrons. The van der Waals surface area contributed by atoms with E-state index in [1.807, 2.05) is 13.0 Å². The number of aromatic amines is 1. The van der Waals surface area contributed by atoms with Crippen molar-refractivity contribution in [1.82, 2.24) is 19.7 Å². The molecule has 0 saturated carbocycles. The van der Waals surface area contributed by atoms with Gasteiger partial charge >= 0.3 is 5.97 Å². The molecule has 1 aliphatic heterocycles. The number of carbonyl (C=O) groups excluding carboxylic acids is 1. The maximum absolute atomic E-state index is 14.1. The smallest absolute Gasteiger partial charge is 0.338 e. The summed E-state index contributed by atoms with van der Waals surface area (Å²) in [6.07, 6.45) is 2.78. The number of nitrogens with zero attached hydrogens (tertiary/aromatic N) is 5. The summed E-state index contributed by atoms with van der Waals surface area (Å²) in [6, 6.07) is 15.9. The van der Waals surface area contributed by atoms with E-state index in [-0.39, 0.29) is 27.6 Å². The molecule has 0 spiro atoms. The Labute approximate surface area is 303 Å². The standard InChI is InChI=1S/C34H28Cl2N6O6S2/c1-4-7-24-28(32(44)48-5-2)29(19-8-6-9-21(16-19)47-3)41-31(43)27(50-34(41)37-24)15-18-10-13-26(25(14-18)42(45)46)49-33-38-30(39-40-33)22-12-11-20(35)17-23(22)36/h6,8-17,29H,4-5,7H2,1-3H3,(H,38,39,40)/b27-15+/t29-/m1/s1. The van der Waals surface area contributed by atoms with Crippen molar-refractivity contribution in [2.24, 2.45) is 4.99 Å². The summed E-state index contributed by atoms with van der Waals surface area (Å²) in [5.41, 5.74) is 1.86. The number of methoxy groups -OCH3 is 1. The molecule has 1 aliphatic rings. The van der Waals surface area contributed by atoms with Crippen LogP contribution in [-0.2, 0) is 9.53 Å². The van der Waals surface area contributed by atoms with Crippen molar-refractivity contribution in [2.45, 2.75) is 42.8 Å². The van der Waals surface area contributed by atoms with Crippen LogP contribution in [-0.4, -0.2) is 44.4 Å². The first-order chi connectivity index (χ1) is 24.1. The average Bonchev–Trinajstić information content (AvgIpc) is 3.68. The monoisotopic (exact) mass is 750 g/mol. The van der Waals surface area contributed by atoms with Gasteiger partial charge in [-0.05, 0) is 78.7 Å². The molecule has 0 unspecified atom stereocenters. The molecule has 0 radical (unpaired) electrons. The van der Waals surface area contributed by atoms with Crippen LogP contribution in [0.2, 0.25) is 10.0 Å². The van der Waals surface area contributed by atoms with E-state index in [4.69, 9.17) is 37.7 Å². The van der Waals surface area contributed by atoms with Crippen LogP contribution in [0.1, 0.15) is 43.9 Å². The van der Waals surface area contributed by atoms with Gasteiger partial charge in [-0.15, -0.1) is 5.10 Å². The summed E-state index contributed by atoms with van der Waals surface area (Å²) in [4.78, 5) is 49.2. The number of ether oxygens (including phenoxy) is 2. The Morgan fingerprint density at radius 1 is 1.16 bits per heavy atom. The van der Waals surface area contributed by atoms with E-state index in [1.54, 1.807) is 61.5 Å². The minimum Gasteiger partial charge on any atom is -0.497 e. The number of fused-ring (bicyclic) bond motifs is 1. The number of halogens is 2. The Bertz CT molecular complexity index is 2350. The molecule has 0 bridgehead atoms. The molecule has 1 N–H and O–H groups in total. The number of nitrogens with one attached hydrogen (secondary N) is 1. The molecular weight excluding hydrogens is 723 g/mol. The lowest BCUT2D eigenvalue weighted by Crippen LogP contribution is -2.40. The second-order valence-corrected chi connectivity index (χ2v) is 13.7. The summed E-state index contributed by atoms with van der Waals surface area (Å²) in [7, 11) is 1.54. The van der Waals surface area contributed by atoms with E-state index in [0.717, 1.165) is 23.1 Å². The zero-order valence-electron chi connectivity index (χ0n) is 26.8. The first-order valence-electron chi connectivity index (χ1n) is 15.3. The van der Waals surface area contributed by atoms with E-state index >= 15 is 0 Å². The number of thiazole rings is 1. The Kier molecular flexibility index (Phi) is 10.5. The molecule has 2 aromatic heterocycles. The van der Waals surface area contributed by atoms with E-state index in [9.17, 15) is 19.7 Å². The van der Waals surface area contributed by atoms with Crippen LogP contribution in [0, 0.1) is 10.1 Å². The maximum atomic E-state index is 14.1. The Morgan fingerprint density at radius 2 is 1.98 bits per heavy atom. The molecular formula is C34H28Cl2N6O6S2. The highest BCUT2D eigenvalue weighted by Crippen LogP contribution is 2.36. The van der Waals surface area contributed by atoms with Gasteiger partial charge in [0.1, 0.15) is 5.75 Å². The van der Waals surface area contributed by atoms with Gasteiger partial charge in [-0.2, -0.15) is 0 Å². The first kappa shape index (κ1) is 35.1. The number of rotatable bonds is 11. The lowest BCUT2D eigenvalue weighted by molar-refractivity contribution is -0.387. The predicted octanol–water partition coefficient (Wildman–Crippen LogP) is 6.74. The molecule has 3 heterocycles. The fourth-order valence-corrected chi connectivity index (χ4v) is 7.76. The Balaban J connectivity index is 1.41. The minimum absolute atomic E-state index is 0.151. The average molecular weight is 752 g/mol. The topological polar surface area (TPSA) is 155 Å². The SMILES string of the molecule is CCCC1=C(C(=O)OCC)[C@@H](c2cccc(OC)c2)n2c(s/c(=C/c3ccc(Sc4n[nH]c(-c5ccc(Cl)cc5Cl)n4)c([N+](=O)[O-])c3)c2=O)=N1. The molecule has 5 aromatic rings. The first-order valence-corrected chi connectivity index (χ1v) is 17.7. The lowest BCUT2D eigenvalue weighted by atomic mass is 9.94. The van der Waals surface area contributed by atoms with Gasteiger partial charge in [0.2, 0.25) is 5.16 Å². The van der Waals surface area contributed by atoms with Gasteiger partial charge in [0.15, 0.2) is 10.6 Å². The van der Waals surface area contributed by atoms with Crippen molar-refractivity contribution >= 4 is 64.0 Å². The Hall–Kier alpha value is -4.76. The van der Waals surface area contributed by atoms with Gasteiger partial charge in [-0.3, -0.25) is 24.6 Å². The van der Waals surface area contributed by atoms with Crippen molar-refractivity contribution in [3.8, 4) is 17.1 Å². The Morgan fingerprint density at radius 3 is 2.70 bits per heavy atom. The van der Waals surface area contributed by atoms with Crippen LogP contribution in [0.5, 0.6) is 5.75 Å². The van der Waals surface area contributed by atoms with Crippen molar-refractivity contribution < 1.29 is 19.2 Å². The summed E-state index contributed by atoms with van der Waals surface area (Å²) in [5.74, 6) is 0.381. The number of nitro groups is 1. The molecule has 16 heteroatoms. The highest BCUT2D eigenvalue weighted by molar-refractivity contribution is 7.99. The maximum Gasteiger partial charge on any atom is 0.338 e. The highest BCUT2D eigenvalue weighted by Gasteiger charge is 2.34. The summed E-state index contributed by atoms with van der Waals surface area (Å²) in [5, 5.41) is 20.3. The number of H-pyrrole nitrogens is 1. The molecule has 0 aliphatic carbocycles. The predicted molar refractivity (Wildman–Crippen MR) is 192 cm³/mol. The number of benzene rings is 3. The van der Waals surface area contributed by atoms with Gasteiger partial charge in [0.25, 0.3) is 11.2 Å². The number of aromatic nitrogens is 4. The van der Waals surface area contributed by atoms with Crippen LogP contribution >= 0.6 is 46.3 Å². The van der Waals surface area contributed by atoms with E-state index in [1.165, 1.54) is 17.7 Å². The van der Waals surface area contributed by atoms with E-state index in [0.29, 0.717) is 66.5 Å². The number of allylic oxidation sites excluding steroid dienone is 1. The van der Waals surface area contributed by atoms with Gasteiger partial charge < -0.3 is 9.47 Å². The molecule has 0 fully saturated rings. The number of hydrogen-bond acceptors (Lipinski definition) is 11. The van der Waals surface area contributed by atoms with Crippen molar-refractivity contribution in [3.05, 3.63) is 123 Å². The van der Waals surface area contributed by atoms with Crippen molar-refractivity contribution in [2.75, 3.05) is 13.7 Å². The number of esters is 1. The van der Waals surface area contributed by atoms with Gasteiger partial charge in [0, 0.05) is 16.7 Å². The molecule has 12 nitrogen and oxygen atoms in total. The normalized spacial score (nSPS) is 14.3. The van der Waals surface area contributed by atoms with Crippen LogP contribution in [0.3, 0.4) is 0 Å². The highest BCUT2D eigenvalue weighted by atomic mass is 35.5. The van der Waals surface area contributed by atoms with Gasteiger partial charge in [0.05, 0.1) is 50.4 Å². The van der Waals surface area contributed by atoms with Crippen LogP contribution in [0.15, 0.2) is 91.8 Å². The lowest BCUT2D eigenvalue weighted by Gasteiger charge is -2.26. The fourth-order valence-electron chi connectivity index (χ4n) is 5.44. The molecule has 0 saturated heterocycles.